The van der Waals surface area contributed by atoms with Crippen LogP contribution in [0.25, 0.3) is 0 Å². The zero-order valence-corrected chi connectivity index (χ0v) is 13.1. The van der Waals surface area contributed by atoms with Gasteiger partial charge in [-0.05, 0) is 43.5 Å². The van der Waals surface area contributed by atoms with Crippen LogP contribution in [0.15, 0.2) is 29.1 Å². The van der Waals surface area contributed by atoms with Crippen molar-refractivity contribution in [3.05, 3.63) is 41.5 Å². The maximum absolute atomic E-state index is 12.7. The molecule has 120 valence electrons. The van der Waals surface area contributed by atoms with E-state index in [4.69, 9.17) is 9.26 Å². The molecule has 0 bridgehead atoms. The molecule has 0 saturated carbocycles. The van der Waals surface area contributed by atoms with Gasteiger partial charge in [-0.1, -0.05) is 5.16 Å². The summed E-state index contributed by atoms with van der Waals surface area (Å²) in [5.74, 6) is 2.04. The summed E-state index contributed by atoms with van der Waals surface area (Å²) in [7, 11) is 0. The lowest BCUT2D eigenvalue weighted by atomic mass is 9.95. The van der Waals surface area contributed by atoms with Crippen LogP contribution in [0.3, 0.4) is 0 Å². The molecule has 2 aliphatic rings. The molecule has 0 radical (unpaired) electrons. The Morgan fingerprint density at radius 2 is 2.13 bits per heavy atom. The van der Waals surface area contributed by atoms with E-state index in [1.165, 1.54) is 6.39 Å². The van der Waals surface area contributed by atoms with Crippen LogP contribution in [0.1, 0.15) is 47.4 Å². The third-order valence-corrected chi connectivity index (χ3v) is 4.67. The molecule has 1 amide bonds. The lowest BCUT2D eigenvalue weighted by molar-refractivity contribution is 0.0710. The Hall–Kier alpha value is -2.37. The summed E-state index contributed by atoms with van der Waals surface area (Å²) in [6, 6.07) is 5.76. The van der Waals surface area contributed by atoms with Crippen molar-refractivity contribution >= 4 is 5.91 Å². The standard InChI is InChI=1S/C17H19N3O3/c1-11-8-14-9-13(2-3-15(14)23-11)17(21)20-6-4-12(5-7-20)16-18-10-22-19-16/h2-3,9-12H,4-8H2,1H3/t11-/m1/s1. The second-order valence-corrected chi connectivity index (χ2v) is 6.31. The average molecular weight is 313 g/mol. The quantitative estimate of drug-likeness (QED) is 0.851. The first kappa shape index (κ1) is 14.2. The maximum atomic E-state index is 12.7. The van der Waals surface area contributed by atoms with Gasteiger partial charge in [-0.3, -0.25) is 4.79 Å². The highest BCUT2D eigenvalue weighted by atomic mass is 16.5. The van der Waals surface area contributed by atoms with Gasteiger partial charge in [0, 0.05) is 31.0 Å². The highest BCUT2D eigenvalue weighted by Crippen LogP contribution is 2.31. The summed E-state index contributed by atoms with van der Waals surface area (Å²) in [6.07, 6.45) is 4.17. The molecule has 2 aromatic rings. The fourth-order valence-corrected chi connectivity index (χ4v) is 3.44. The monoisotopic (exact) mass is 313 g/mol. The molecular formula is C17H19N3O3. The van der Waals surface area contributed by atoms with E-state index in [9.17, 15) is 4.79 Å². The minimum atomic E-state index is 0.0962. The number of benzene rings is 1. The lowest BCUT2D eigenvalue weighted by Crippen LogP contribution is -2.38. The van der Waals surface area contributed by atoms with Gasteiger partial charge in [0.05, 0.1) is 0 Å². The van der Waals surface area contributed by atoms with Crippen molar-refractivity contribution in [3.63, 3.8) is 0 Å². The van der Waals surface area contributed by atoms with Crippen LogP contribution in [-0.2, 0) is 6.42 Å². The summed E-state index contributed by atoms with van der Waals surface area (Å²) in [5.41, 5.74) is 1.88. The first-order valence-corrected chi connectivity index (χ1v) is 8.06. The molecule has 6 nitrogen and oxygen atoms in total. The molecule has 0 N–H and O–H groups in total. The smallest absolute Gasteiger partial charge is 0.253 e. The molecule has 1 atom stereocenters. The number of carbonyl (C=O) groups is 1. The predicted octanol–water partition coefficient (Wildman–Crippen LogP) is 2.41. The first-order valence-electron chi connectivity index (χ1n) is 8.06. The number of fused-ring (bicyclic) bond motifs is 1. The number of carbonyl (C=O) groups excluding carboxylic acids is 1. The molecule has 23 heavy (non-hydrogen) atoms. The van der Waals surface area contributed by atoms with Crippen LogP contribution in [-0.4, -0.2) is 40.1 Å². The van der Waals surface area contributed by atoms with Crippen molar-refractivity contribution in [2.75, 3.05) is 13.1 Å². The van der Waals surface area contributed by atoms with Gasteiger partial charge in [0.1, 0.15) is 11.9 Å². The molecule has 1 fully saturated rings. The van der Waals surface area contributed by atoms with E-state index in [1.807, 2.05) is 30.0 Å². The molecule has 3 heterocycles. The number of hydrogen-bond donors (Lipinski definition) is 0. The van der Waals surface area contributed by atoms with E-state index in [1.54, 1.807) is 0 Å². The van der Waals surface area contributed by atoms with Crippen molar-refractivity contribution in [1.29, 1.82) is 0 Å². The Balaban J connectivity index is 1.43. The van der Waals surface area contributed by atoms with Gasteiger partial charge >= 0.3 is 0 Å². The fraction of sp³-hybridized carbons (Fsp3) is 0.471. The van der Waals surface area contributed by atoms with Gasteiger partial charge in [0.15, 0.2) is 5.82 Å². The number of amides is 1. The zero-order chi connectivity index (χ0) is 15.8. The van der Waals surface area contributed by atoms with Crippen molar-refractivity contribution in [2.24, 2.45) is 0 Å². The van der Waals surface area contributed by atoms with Crippen LogP contribution in [0, 0.1) is 0 Å². The van der Waals surface area contributed by atoms with Crippen molar-refractivity contribution in [1.82, 2.24) is 15.0 Å². The van der Waals surface area contributed by atoms with Crippen molar-refractivity contribution in [3.8, 4) is 5.75 Å². The molecule has 2 aliphatic heterocycles. The maximum Gasteiger partial charge on any atom is 0.253 e. The minimum Gasteiger partial charge on any atom is -0.490 e. The highest BCUT2D eigenvalue weighted by molar-refractivity contribution is 5.94. The fourth-order valence-electron chi connectivity index (χ4n) is 3.44. The van der Waals surface area contributed by atoms with Crippen LogP contribution in [0.2, 0.25) is 0 Å². The number of likely N-dealkylation sites (tertiary alicyclic amines) is 1. The Kier molecular flexibility index (Phi) is 3.52. The van der Waals surface area contributed by atoms with E-state index < -0.39 is 0 Å². The first-order chi connectivity index (χ1) is 11.2. The topological polar surface area (TPSA) is 68.5 Å². The Morgan fingerprint density at radius 1 is 1.30 bits per heavy atom. The van der Waals surface area contributed by atoms with E-state index in [2.05, 4.69) is 10.1 Å². The number of nitrogens with zero attached hydrogens (tertiary/aromatic N) is 3. The molecule has 1 aromatic heterocycles. The number of ether oxygens (including phenoxy) is 1. The molecule has 6 heteroatoms. The third kappa shape index (κ3) is 2.69. The molecule has 0 unspecified atom stereocenters. The summed E-state index contributed by atoms with van der Waals surface area (Å²) >= 11 is 0. The van der Waals surface area contributed by atoms with Crippen LogP contribution in [0.4, 0.5) is 0 Å². The highest BCUT2D eigenvalue weighted by Gasteiger charge is 2.28. The van der Waals surface area contributed by atoms with Crippen LogP contribution < -0.4 is 4.74 Å². The van der Waals surface area contributed by atoms with Gasteiger partial charge in [0.25, 0.3) is 5.91 Å². The second kappa shape index (κ2) is 5.68. The van der Waals surface area contributed by atoms with Gasteiger partial charge in [-0.25, -0.2) is 0 Å². The summed E-state index contributed by atoms with van der Waals surface area (Å²) in [4.78, 5) is 18.7. The number of piperidine rings is 1. The molecule has 1 saturated heterocycles. The Morgan fingerprint density at radius 3 is 2.87 bits per heavy atom. The van der Waals surface area contributed by atoms with Crippen molar-refractivity contribution < 1.29 is 14.1 Å². The third-order valence-electron chi connectivity index (χ3n) is 4.67. The van der Waals surface area contributed by atoms with Gasteiger partial charge in [-0.2, -0.15) is 4.98 Å². The normalized spacial score (nSPS) is 21.1. The molecule has 0 aliphatic carbocycles. The molecule has 4 rings (SSSR count). The lowest BCUT2D eigenvalue weighted by Gasteiger charge is -2.30. The van der Waals surface area contributed by atoms with E-state index in [0.29, 0.717) is 0 Å². The van der Waals surface area contributed by atoms with E-state index in [0.717, 1.165) is 55.1 Å². The number of aromatic nitrogens is 2. The number of hydrogen-bond acceptors (Lipinski definition) is 5. The molecule has 0 spiro atoms. The Labute approximate surface area is 134 Å². The summed E-state index contributed by atoms with van der Waals surface area (Å²) in [5, 5.41) is 3.91. The van der Waals surface area contributed by atoms with Crippen LogP contribution in [0.5, 0.6) is 5.75 Å². The Bertz CT molecular complexity index is 706. The van der Waals surface area contributed by atoms with Crippen LogP contribution >= 0.6 is 0 Å². The van der Waals surface area contributed by atoms with Gasteiger partial charge in [0.2, 0.25) is 6.39 Å². The van der Waals surface area contributed by atoms with Gasteiger partial charge < -0.3 is 14.2 Å². The van der Waals surface area contributed by atoms with Crippen molar-refractivity contribution in [2.45, 2.75) is 38.2 Å². The number of rotatable bonds is 2. The average Bonchev–Trinajstić information content (AvgIpc) is 3.22. The predicted molar refractivity (Wildman–Crippen MR) is 82.4 cm³/mol. The van der Waals surface area contributed by atoms with E-state index >= 15 is 0 Å². The SMILES string of the molecule is C[C@@H]1Cc2cc(C(=O)N3CCC(c4ncon4)CC3)ccc2O1. The largest absolute Gasteiger partial charge is 0.490 e. The van der Waals surface area contributed by atoms with Gasteiger partial charge in [-0.15, -0.1) is 0 Å². The summed E-state index contributed by atoms with van der Waals surface area (Å²) in [6.45, 7) is 3.49. The molecular weight excluding hydrogens is 294 g/mol. The zero-order valence-electron chi connectivity index (χ0n) is 13.1. The molecule has 1 aromatic carbocycles. The summed E-state index contributed by atoms with van der Waals surface area (Å²) < 4.78 is 10.5. The van der Waals surface area contributed by atoms with E-state index in [-0.39, 0.29) is 17.9 Å². The second-order valence-electron chi connectivity index (χ2n) is 6.31. The minimum absolute atomic E-state index is 0.0962.